The molecule has 2 nitrogen and oxygen atoms in total. The summed E-state index contributed by atoms with van der Waals surface area (Å²) in [6.07, 6.45) is 0. The van der Waals surface area contributed by atoms with E-state index in [1.54, 1.807) is 17.3 Å². The molecule has 2 aromatic carbocycles. The first kappa shape index (κ1) is 14.0. The van der Waals surface area contributed by atoms with Gasteiger partial charge in [0, 0.05) is 6.07 Å². The molecule has 2 rings (SSSR count). The molecule has 0 fully saturated rings. The smallest absolute Gasteiger partial charge is 0.126 e. The molecule has 4 heteroatoms. The van der Waals surface area contributed by atoms with E-state index in [1.165, 1.54) is 12.1 Å². The number of rotatable bonds is 3. The zero-order valence-corrected chi connectivity index (χ0v) is 10.4. The van der Waals surface area contributed by atoms with Crippen molar-refractivity contribution in [2.24, 2.45) is 0 Å². The molecule has 0 bridgehead atoms. The lowest BCUT2D eigenvalue weighted by molar-refractivity contribution is 0.304. The quantitative estimate of drug-likeness (QED) is 0.667. The van der Waals surface area contributed by atoms with Crippen molar-refractivity contribution in [2.75, 3.05) is 0 Å². The highest BCUT2D eigenvalue weighted by Gasteiger charge is 1.96. The summed E-state index contributed by atoms with van der Waals surface area (Å²) in [5.41, 5.74) is 1.07. The Morgan fingerprint density at radius 3 is 2.39 bits per heavy atom. The minimum atomic E-state index is -0.277. The van der Waals surface area contributed by atoms with Gasteiger partial charge in [-0.25, -0.2) is 9.80 Å². The second kappa shape index (κ2) is 8.12. The fourth-order valence-corrected chi connectivity index (χ4v) is 1.30. The highest BCUT2D eigenvalue weighted by Crippen LogP contribution is 2.13. The molecule has 0 spiro atoms. The van der Waals surface area contributed by atoms with Gasteiger partial charge in [-0.15, -0.1) is 0 Å². The third-order valence-electron chi connectivity index (χ3n) is 2.04. The van der Waals surface area contributed by atoms with Crippen molar-refractivity contribution in [3.63, 3.8) is 0 Å². The van der Waals surface area contributed by atoms with Crippen LogP contribution in [-0.2, 0) is 6.61 Å². The molecule has 2 aromatic rings. The van der Waals surface area contributed by atoms with E-state index >= 15 is 0 Å². The zero-order chi connectivity index (χ0) is 13.2. The van der Waals surface area contributed by atoms with Crippen molar-refractivity contribution in [1.82, 2.24) is 0 Å². The minimum absolute atomic E-state index is 0.277. The normalized spacial score (nSPS) is 8.72. The van der Waals surface area contributed by atoms with Crippen LogP contribution < -0.4 is 4.74 Å². The molecule has 0 aliphatic heterocycles. The Balaban J connectivity index is 0.000000492. The van der Waals surface area contributed by atoms with E-state index in [4.69, 9.17) is 10.1 Å². The van der Waals surface area contributed by atoms with Crippen LogP contribution in [0.5, 0.6) is 5.75 Å². The lowest BCUT2D eigenvalue weighted by atomic mass is 10.2. The van der Waals surface area contributed by atoms with Crippen LogP contribution >= 0.6 is 12.2 Å². The van der Waals surface area contributed by atoms with E-state index in [-0.39, 0.29) is 5.82 Å². The van der Waals surface area contributed by atoms with Crippen molar-refractivity contribution in [3.05, 3.63) is 66.0 Å². The molecule has 0 aliphatic carbocycles. The van der Waals surface area contributed by atoms with Gasteiger partial charge in [0.15, 0.2) is 0 Å². The molecule has 0 saturated carbocycles. The molecule has 92 valence electrons. The molecule has 0 atom stereocenters. The highest BCUT2D eigenvalue weighted by atomic mass is 32.1. The van der Waals surface area contributed by atoms with Crippen LogP contribution in [0, 0.1) is 11.2 Å². The second-order valence-electron chi connectivity index (χ2n) is 3.33. The number of isothiocyanates is 1. The predicted octanol–water partition coefficient (Wildman–Crippen LogP) is 4.07. The molecule has 0 radical (unpaired) electrons. The average molecular weight is 261 g/mol. The van der Waals surface area contributed by atoms with E-state index in [9.17, 15) is 4.39 Å². The zero-order valence-electron chi connectivity index (χ0n) is 9.60. The summed E-state index contributed by atoms with van der Waals surface area (Å²) in [6, 6.07) is 15.9. The van der Waals surface area contributed by atoms with Gasteiger partial charge in [0.05, 0.1) is 5.16 Å². The van der Waals surface area contributed by atoms with Crippen LogP contribution in [0.1, 0.15) is 5.56 Å². The summed E-state index contributed by atoms with van der Waals surface area (Å²) in [7, 11) is 0. The van der Waals surface area contributed by atoms with E-state index in [0.717, 1.165) is 5.56 Å². The van der Waals surface area contributed by atoms with Crippen molar-refractivity contribution in [2.45, 2.75) is 6.61 Å². The Hall–Kier alpha value is -2.03. The summed E-state index contributed by atoms with van der Waals surface area (Å²) < 4.78 is 18.2. The summed E-state index contributed by atoms with van der Waals surface area (Å²) in [6.45, 7) is 0.463. The van der Waals surface area contributed by atoms with Crippen LogP contribution in [0.2, 0.25) is 0 Å². The van der Waals surface area contributed by atoms with Gasteiger partial charge in [-0.3, -0.25) is 0 Å². The number of hydrogen-bond acceptors (Lipinski definition) is 3. The minimum Gasteiger partial charge on any atom is -0.489 e. The van der Waals surface area contributed by atoms with Crippen LogP contribution in [0.3, 0.4) is 0 Å². The molecule has 0 saturated heterocycles. The molecule has 18 heavy (non-hydrogen) atoms. The van der Waals surface area contributed by atoms with Gasteiger partial charge in [0.25, 0.3) is 0 Å². The Morgan fingerprint density at radius 1 is 1.11 bits per heavy atom. The molecule has 0 unspecified atom stereocenters. The van der Waals surface area contributed by atoms with Crippen LogP contribution in [0.4, 0.5) is 4.39 Å². The van der Waals surface area contributed by atoms with Crippen LogP contribution in [-0.4, -0.2) is 5.16 Å². The number of ether oxygens (including phenoxy) is 1. The monoisotopic (exact) mass is 261 g/mol. The fourth-order valence-electron chi connectivity index (χ4n) is 1.30. The number of halogens is 1. The Morgan fingerprint density at radius 2 is 1.78 bits per heavy atom. The van der Waals surface area contributed by atoms with Gasteiger partial charge in [-0.1, -0.05) is 36.4 Å². The number of thiocarbonyl (C=S) groups is 1. The van der Waals surface area contributed by atoms with E-state index in [0.29, 0.717) is 12.4 Å². The van der Waals surface area contributed by atoms with Crippen molar-refractivity contribution in [1.29, 1.82) is 5.41 Å². The van der Waals surface area contributed by atoms with Gasteiger partial charge < -0.3 is 4.74 Å². The maximum atomic E-state index is 12.8. The molecular weight excluding hydrogens is 249 g/mol. The predicted molar refractivity (Wildman–Crippen MR) is 72.5 cm³/mol. The Labute approximate surface area is 111 Å². The standard InChI is InChI=1S/C13H11FO.CHNS/c14-12-7-4-8-13(9-12)15-10-11-5-2-1-3-6-11;2-1-3/h1-9H,10H2;2H. The average Bonchev–Trinajstić information content (AvgIpc) is 2.39. The Bertz CT molecular complexity index is 510. The fraction of sp³-hybridized carbons (Fsp3) is 0.0714. The summed E-state index contributed by atoms with van der Waals surface area (Å²) >= 11 is 3.81. The first-order chi connectivity index (χ1) is 8.76. The first-order valence-corrected chi connectivity index (χ1v) is 5.63. The number of nitrogens with one attached hydrogen (secondary N) is 1. The van der Waals surface area contributed by atoms with Crippen molar-refractivity contribution in [3.8, 4) is 5.75 Å². The molecule has 0 amide bonds. The van der Waals surface area contributed by atoms with Gasteiger partial charge in [-0.2, -0.15) is 0 Å². The van der Waals surface area contributed by atoms with Crippen molar-refractivity contribution < 1.29 is 9.13 Å². The first-order valence-electron chi connectivity index (χ1n) is 5.22. The lowest BCUT2D eigenvalue weighted by Crippen LogP contribution is -1.94. The van der Waals surface area contributed by atoms with Crippen LogP contribution in [0.15, 0.2) is 54.6 Å². The maximum absolute atomic E-state index is 12.8. The molecular formula is C14H12FNOS. The third kappa shape index (κ3) is 5.34. The SMILES string of the molecule is Fc1cccc(OCc2ccccc2)c1.N=C=S. The van der Waals surface area contributed by atoms with Crippen LogP contribution in [0.25, 0.3) is 0 Å². The number of hydrogen-bond donors (Lipinski definition) is 1. The van der Waals surface area contributed by atoms with Gasteiger partial charge >= 0.3 is 0 Å². The summed E-state index contributed by atoms with van der Waals surface area (Å²) in [5.74, 6) is 0.277. The van der Waals surface area contributed by atoms with E-state index in [2.05, 4.69) is 12.2 Å². The summed E-state index contributed by atoms with van der Waals surface area (Å²) in [5, 5.41) is 7.36. The summed E-state index contributed by atoms with van der Waals surface area (Å²) in [4.78, 5) is 0. The maximum Gasteiger partial charge on any atom is 0.126 e. The number of benzene rings is 2. The molecule has 0 aliphatic rings. The molecule has 0 heterocycles. The van der Waals surface area contributed by atoms with Gasteiger partial charge in [0.2, 0.25) is 0 Å². The second-order valence-corrected chi connectivity index (χ2v) is 3.54. The topological polar surface area (TPSA) is 33.1 Å². The lowest BCUT2D eigenvalue weighted by Gasteiger charge is -2.05. The molecule has 0 aromatic heterocycles. The molecule has 1 N–H and O–H groups in total. The van der Waals surface area contributed by atoms with Gasteiger partial charge in [0.1, 0.15) is 18.2 Å². The van der Waals surface area contributed by atoms with E-state index in [1.807, 2.05) is 30.3 Å². The van der Waals surface area contributed by atoms with Gasteiger partial charge in [-0.05, 0) is 29.9 Å². The Kier molecular flexibility index (Phi) is 6.33. The van der Waals surface area contributed by atoms with Crippen molar-refractivity contribution >= 4 is 17.4 Å². The largest absolute Gasteiger partial charge is 0.489 e. The highest BCUT2D eigenvalue weighted by molar-refractivity contribution is 7.78. The van der Waals surface area contributed by atoms with E-state index < -0.39 is 0 Å². The third-order valence-corrected chi connectivity index (χ3v) is 2.04.